The smallest absolute Gasteiger partial charge is 0.205 e. The summed E-state index contributed by atoms with van der Waals surface area (Å²) in [6.07, 6.45) is 7.02. The summed E-state index contributed by atoms with van der Waals surface area (Å²) in [7, 11) is 0. The molecule has 0 bridgehead atoms. The molecule has 0 amide bonds. The largest absolute Gasteiger partial charge is 0.480 e. The molecule has 0 saturated carbocycles. The van der Waals surface area contributed by atoms with Crippen LogP contribution < -0.4 is 16.0 Å². The number of aliphatic imine (C=N–C) groups is 1. The molecule has 0 radical (unpaired) electrons. The number of hydrogen-bond donors (Lipinski definition) is 4. The Morgan fingerprint density at radius 2 is 1.88 bits per heavy atom. The minimum absolute atomic E-state index is 0.0243. The Labute approximate surface area is 150 Å². The first kappa shape index (κ1) is 18.3. The van der Waals surface area contributed by atoms with Crippen LogP contribution in [0.1, 0.15) is 45.4 Å². The van der Waals surface area contributed by atoms with Gasteiger partial charge in [0.25, 0.3) is 0 Å². The van der Waals surface area contributed by atoms with Gasteiger partial charge in [0, 0.05) is 18.1 Å². The molecule has 7 heteroatoms. The molecular weight excluding hydrogens is 316 g/mol. The van der Waals surface area contributed by atoms with Crippen LogP contribution in [0.2, 0.25) is 0 Å². The molecule has 138 valence electrons. The van der Waals surface area contributed by atoms with Crippen molar-refractivity contribution in [3.05, 3.63) is 0 Å². The molecule has 7 nitrogen and oxygen atoms in total. The predicted molar refractivity (Wildman–Crippen MR) is 98.2 cm³/mol. The van der Waals surface area contributed by atoms with Gasteiger partial charge < -0.3 is 15.4 Å². The second-order valence-corrected chi connectivity index (χ2v) is 7.15. The normalized spacial score (nSPS) is 36.2. The van der Waals surface area contributed by atoms with Crippen molar-refractivity contribution in [2.24, 2.45) is 4.99 Å². The minimum atomic E-state index is -0.529. The minimum Gasteiger partial charge on any atom is -0.480 e. The fraction of sp³-hybridized carbons (Fsp3) is 0.833. The second-order valence-electron chi connectivity index (χ2n) is 7.15. The maximum absolute atomic E-state index is 9.58. The van der Waals surface area contributed by atoms with Gasteiger partial charge in [-0.05, 0) is 45.7 Å². The van der Waals surface area contributed by atoms with Crippen LogP contribution >= 0.6 is 0 Å². The van der Waals surface area contributed by atoms with Gasteiger partial charge in [0.1, 0.15) is 17.8 Å². The van der Waals surface area contributed by atoms with Crippen molar-refractivity contribution in [2.75, 3.05) is 19.7 Å². The first-order valence-corrected chi connectivity index (χ1v) is 9.66. The molecular formula is C18H30N6O. The van der Waals surface area contributed by atoms with Gasteiger partial charge in [0.2, 0.25) is 5.90 Å². The van der Waals surface area contributed by atoms with E-state index in [0.717, 1.165) is 25.9 Å². The van der Waals surface area contributed by atoms with E-state index in [1.807, 2.05) is 6.92 Å². The molecule has 4 N–H and O–H groups in total. The van der Waals surface area contributed by atoms with Gasteiger partial charge in [-0.25, -0.2) is 0 Å². The Morgan fingerprint density at radius 1 is 1.20 bits per heavy atom. The topological polar surface area (TPSA) is 105 Å². The first-order chi connectivity index (χ1) is 12.2. The van der Waals surface area contributed by atoms with E-state index >= 15 is 0 Å². The lowest BCUT2D eigenvalue weighted by molar-refractivity contribution is 0.218. The summed E-state index contributed by atoms with van der Waals surface area (Å²) < 4.78 is 5.38. The quantitative estimate of drug-likeness (QED) is 0.448. The summed E-state index contributed by atoms with van der Waals surface area (Å²) in [5.74, 6) is 0.0960. The molecule has 2 fully saturated rings. The fourth-order valence-corrected chi connectivity index (χ4v) is 4.27. The number of rotatable bonds is 4. The van der Waals surface area contributed by atoms with E-state index in [2.05, 4.69) is 22.0 Å². The molecule has 0 aliphatic carbocycles. The van der Waals surface area contributed by atoms with Crippen LogP contribution in [0.3, 0.4) is 0 Å². The number of nitrogens with zero attached hydrogens (tertiary/aromatic N) is 2. The zero-order valence-electron chi connectivity index (χ0n) is 15.1. The molecule has 5 atom stereocenters. The van der Waals surface area contributed by atoms with E-state index in [1.54, 1.807) is 0 Å². The average molecular weight is 346 g/mol. The summed E-state index contributed by atoms with van der Waals surface area (Å²) in [6, 6.07) is 2.42. The highest BCUT2D eigenvalue weighted by molar-refractivity contribution is 6.15. The standard InChI is InChI=1S/C18H30N6O/c1-2-25-18(20)17-14(11-19)23-15(12-7-3-5-9-21-12)16(24-17)13-8-4-6-10-22-13/h12-13,15-17,20-22,24H,2-10H2,1H3. The van der Waals surface area contributed by atoms with E-state index in [9.17, 15) is 5.26 Å². The van der Waals surface area contributed by atoms with Gasteiger partial charge in [-0.3, -0.25) is 15.7 Å². The number of hydrogen-bond acceptors (Lipinski definition) is 7. The lowest BCUT2D eigenvalue weighted by Crippen LogP contribution is -2.67. The van der Waals surface area contributed by atoms with Gasteiger partial charge in [-0.15, -0.1) is 0 Å². The third-order valence-electron chi connectivity index (χ3n) is 5.51. The summed E-state index contributed by atoms with van der Waals surface area (Å²) in [6.45, 7) is 4.32. The van der Waals surface area contributed by atoms with Gasteiger partial charge >= 0.3 is 0 Å². The molecule has 25 heavy (non-hydrogen) atoms. The molecule has 5 unspecified atom stereocenters. The highest BCUT2D eigenvalue weighted by atomic mass is 16.5. The van der Waals surface area contributed by atoms with Crippen molar-refractivity contribution in [1.29, 1.82) is 10.7 Å². The second kappa shape index (κ2) is 8.75. The highest BCUT2D eigenvalue weighted by Gasteiger charge is 2.42. The summed E-state index contributed by atoms with van der Waals surface area (Å²) >= 11 is 0. The van der Waals surface area contributed by atoms with Crippen LogP contribution in [-0.2, 0) is 4.74 Å². The Balaban J connectivity index is 1.86. The van der Waals surface area contributed by atoms with Crippen LogP contribution in [0.15, 0.2) is 4.99 Å². The lowest BCUT2D eigenvalue weighted by Gasteiger charge is -2.44. The molecule has 3 aliphatic rings. The van der Waals surface area contributed by atoms with Crippen LogP contribution in [0.4, 0.5) is 0 Å². The Hall–Kier alpha value is -1.49. The predicted octanol–water partition coefficient (Wildman–Crippen LogP) is 0.958. The average Bonchev–Trinajstić information content (AvgIpc) is 2.68. The van der Waals surface area contributed by atoms with Gasteiger partial charge in [0.15, 0.2) is 0 Å². The van der Waals surface area contributed by atoms with Crippen LogP contribution in [0.5, 0.6) is 0 Å². The SMILES string of the molecule is CCOC(=N)C1NC(C2CCCCN2)C(C2CCCCN2)N=C1C#N. The van der Waals surface area contributed by atoms with E-state index in [4.69, 9.17) is 15.1 Å². The van der Waals surface area contributed by atoms with Gasteiger partial charge in [-0.1, -0.05) is 12.8 Å². The zero-order valence-corrected chi connectivity index (χ0v) is 15.1. The van der Waals surface area contributed by atoms with E-state index < -0.39 is 6.04 Å². The Bertz CT molecular complexity index is 530. The zero-order chi connectivity index (χ0) is 17.6. The number of ether oxygens (including phenoxy) is 1. The maximum atomic E-state index is 9.58. The van der Waals surface area contributed by atoms with Crippen LogP contribution in [0, 0.1) is 16.7 Å². The van der Waals surface area contributed by atoms with E-state index in [0.29, 0.717) is 24.4 Å². The number of nitriles is 1. The molecule has 0 aromatic rings. The molecule has 2 saturated heterocycles. The van der Waals surface area contributed by atoms with Crippen molar-refractivity contribution in [3.8, 4) is 6.07 Å². The van der Waals surface area contributed by atoms with Gasteiger partial charge in [-0.2, -0.15) is 5.26 Å². The van der Waals surface area contributed by atoms with Crippen molar-refractivity contribution < 1.29 is 4.74 Å². The van der Waals surface area contributed by atoms with Crippen molar-refractivity contribution in [3.63, 3.8) is 0 Å². The highest BCUT2D eigenvalue weighted by Crippen LogP contribution is 2.24. The molecule has 3 heterocycles. The number of nitrogens with one attached hydrogen (secondary N) is 4. The monoisotopic (exact) mass is 346 g/mol. The van der Waals surface area contributed by atoms with Crippen molar-refractivity contribution in [1.82, 2.24) is 16.0 Å². The fourth-order valence-electron chi connectivity index (χ4n) is 4.27. The summed E-state index contributed by atoms with van der Waals surface area (Å²) in [5.41, 5.74) is 0.378. The van der Waals surface area contributed by atoms with Gasteiger partial charge in [0.05, 0.1) is 12.6 Å². The molecule has 0 spiro atoms. The molecule has 3 aliphatic heterocycles. The summed E-state index contributed by atoms with van der Waals surface area (Å²) in [5, 5.41) is 28.5. The van der Waals surface area contributed by atoms with E-state index in [1.165, 1.54) is 25.7 Å². The van der Waals surface area contributed by atoms with Crippen molar-refractivity contribution in [2.45, 2.75) is 75.7 Å². The summed E-state index contributed by atoms with van der Waals surface area (Å²) in [4.78, 5) is 4.84. The third-order valence-corrected chi connectivity index (χ3v) is 5.51. The molecule has 0 aromatic carbocycles. The Morgan fingerprint density at radius 3 is 2.44 bits per heavy atom. The third kappa shape index (κ3) is 4.20. The molecule has 0 aromatic heterocycles. The first-order valence-electron chi connectivity index (χ1n) is 9.66. The van der Waals surface area contributed by atoms with Crippen molar-refractivity contribution >= 4 is 11.6 Å². The molecule has 3 rings (SSSR count). The van der Waals surface area contributed by atoms with Crippen LogP contribution in [0.25, 0.3) is 0 Å². The lowest BCUT2D eigenvalue weighted by atomic mass is 9.84. The van der Waals surface area contributed by atoms with E-state index in [-0.39, 0.29) is 18.0 Å². The number of piperidine rings is 2. The maximum Gasteiger partial charge on any atom is 0.205 e. The van der Waals surface area contributed by atoms with Crippen LogP contribution in [-0.4, -0.2) is 61.5 Å². The Kier molecular flexibility index (Phi) is 6.40.